The summed E-state index contributed by atoms with van der Waals surface area (Å²) in [5.41, 5.74) is -0.871. The molecule has 1 aromatic rings. The monoisotopic (exact) mass is 452 g/mol. The second kappa shape index (κ2) is 15.0. The van der Waals surface area contributed by atoms with Gasteiger partial charge in [-0.15, -0.1) is 0 Å². The van der Waals surface area contributed by atoms with E-state index in [1.54, 1.807) is 36.5 Å². The van der Waals surface area contributed by atoms with Gasteiger partial charge in [0.15, 0.2) is 0 Å². The Bertz CT molecular complexity index is 502. The SMILES string of the molecule is CSCCSCC(O)COc1cccc(OCC(C)(O)CSCCSC)c1. The van der Waals surface area contributed by atoms with Crippen molar-refractivity contribution in [3.05, 3.63) is 24.3 Å². The van der Waals surface area contributed by atoms with Gasteiger partial charge in [-0.3, -0.25) is 0 Å². The zero-order valence-corrected chi connectivity index (χ0v) is 19.7. The minimum Gasteiger partial charge on any atom is -0.491 e. The van der Waals surface area contributed by atoms with E-state index in [1.165, 1.54) is 0 Å². The fourth-order valence-corrected chi connectivity index (χ4v) is 5.45. The number of aliphatic hydroxyl groups excluding tert-OH is 1. The van der Waals surface area contributed by atoms with E-state index in [-0.39, 0.29) is 13.2 Å². The van der Waals surface area contributed by atoms with Crippen LogP contribution < -0.4 is 9.47 Å². The Morgan fingerprint density at radius 1 is 1.00 bits per heavy atom. The normalized spacial score (nSPS) is 14.6. The van der Waals surface area contributed by atoms with Gasteiger partial charge in [0.1, 0.15) is 30.3 Å². The van der Waals surface area contributed by atoms with Gasteiger partial charge in [-0.2, -0.15) is 47.0 Å². The van der Waals surface area contributed by atoms with Crippen LogP contribution in [0.2, 0.25) is 0 Å². The number of hydrogen-bond donors (Lipinski definition) is 2. The third-order valence-corrected chi connectivity index (χ3v) is 7.56. The highest BCUT2D eigenvalue weighted by Crippen LogP contribution is 2.22. The van der Waals surface area contributed by atoms with Crippen LogP contribution in [0, 0.1) is 0 Å². The third kappa shape index (κ3) is 13.1. The minimum atomic E-state index is -0.871. The van der Waals surface area contributed by atoms with E-state index in [2.05, 4.69) is 12.5 Å². The summed E-state index contributed by atoms with van der Waals surface area (Å²) < 4.78 is 11.4. The summed E-state index contributed by atoms with van der Waals surface area (Å²) in [6.07, 6.45) is 3.68. The van der Waals surface area contributed by atoms with Gasteiger partial charge in [0, 0.05) is 40.6 Å². The maximum absolute atomic E-state index is 10.4. The summed E-state index contributed by atoms with van der Waals surface area (Å²) in [4.78, 5) is 0. The first-order chi connectivity index (χ1) is 13.0. The van der Waals surface area contributed by atoms with E-state index >= 15 is 0 Å². The summed E-state index contributed by atoms with van der Waals surface area (Å²) in [5.74, 6) is 6.88. The standard InChI is InChI=1S/C19H32O4S4/c1-19(21,15-27-10-8-25-3)14-23-18-6-4-5-17(11-18)22-12-16(20)13-26-9-7-24-2/h4-6,11,16,20-21H,7-10,12-15H2,1-3H3. The highest BCUT2D eigenvalue weighted by atomic mass is 32.2. The van der Waals surface area contributed by atoms with Crippen molar-refractivity contribution in [3.63, 3.8) is 0 Å². The van der Waals surface area contributed by atoms with Crippen LogP contribution in [0.25, 0.3) is 0 Å². The molecule has 0 amide bonds. The molecular weight excluding hydrogens is 420 g/mol. The molecule has 0 aliphatic rings. The van der Waals surface area contributed by atoms with Crippen molar-refractivity contribution in [1.29, 1.82) is 0 Å². The maximum Gasteiger partial charge on any atom is 0.123 e. The highest BCUT2D eigenvalue weighted by molar-refractivity contribution is 8.03. The van der Waals surface area contributed by atoms with Crippen molar-refractivity contribution in [1.82, 2.24) is 0 Å². The molecule has 0 aromatic heterocycles. The first-order valence-electron chi connectivity index (χ1n) is 8.86. The zero-order chi connectivity index (χ0) is 20.0. The van der Waals surface area contributed by atoms with Crippen molar-refractivity contribution in [2.24, 2.45) is 0 Å². The second-order valence-electron chi connectivity index (χ2n) is 6.34. The van der Waals surface area contributed by atoms with Gasteiger partial charge in [-0.25, -0.2) is 0 Å². The zero-order valence-electron chi connectivity index (χ0n) is 16.4. The lowest BCUT2D eigenvalue weighted by Gasteiger charge is -2.23. The summed E-state index contributed by atoms with van der Waals surface area (Å²) in [5, 5.41) is 20.4. The predicted molar refractivity (Wildman–Crippen MR) is 125 cm³/mol. The summed E-state index contributed by atoms with van der Waals surface area (Å²) in [7, 11) is 0. The Balaban J connectivity index is 2.34. The summed E-state index contributed by atoms with van der Waals surface area (Å²) in [6, 6.07) is 7.34. The largest absolute Gasteiger partial charge is 0.491 e. The molecule has 0 bridgehead atoms. The smallest absolute Gasteiger partial charge is 0.123 e. The van der Waals surface area contributed by atoms with Crippen LogP contribution in [0.1, 0.15) is 6.92 Å². The fourth-order valence-electron chi connectivity index (χ4n) is 1.97. The topological polar surface area (TPSA) is 58.9 Å². The lowest BCUT2D eigenvalue weighted by molar-refractivity contribution is 0.0327. The van der Waals surface area contributed by atoms with Crippen molar-refractivity contribution < 1.29 is 19.7 Å². The van der Waals surface area contributed by atoms with E-state index in [0.717, 1.165) is 23.0 Å². The van der Waals surface area contributed by atoms with Crippen LogP contribution >= 0.6 is 47.0 Å². The maximum atomic E-state index is 10.4. The molecule has 0 aliphatic carbocycles. The number of rotatable bonds is 16. The van der Waals surface area contributed by atoms with Gasteiger partial charge < -0.3 is 19.7 Å². The van der Waals surface area contributed by atoms with Gasteiger partial charge >= 0.3 is 0 Å². The molecule has 156 valence electrons. The van der Waals surface area contributed by atoms with E-state index in [1.807, 2.05) is 41.7 Å². The van der Waals surface area contributed by atoms with Crippen LogP contribution in [0.3, 0.4) is 0 Å². The average molecular weight is 453 g/mol. The van der Waals surface area contributed by atoms with E-state index in [9.17, 15) is 10.2 Å². The van der Waals surface area contributed by atoms with Crippen molar-refractivity contribution in [2.45, 2.75) is 18.6 Å². The molecule has 0 heterocycles. The minimum absolute atomic E-state index is 0.234. The first kappa shape index (κ1) is 25.2. The molecule has 0 saturated carbocycles. The number of hydrogen-bond acceptors (Lipinski definition) is 8. The molecule has 0 saturated heterocycles. The number of aliphatic hydroxyl groups is 2. The number of thioether (sulfide) groups is 4. The van der Waals surface area contributed by atoms with Gasteiger partial charge in [-0.1, -0.05) is 6.07 Å². The van der Waals surface area contributed by atoms with Crippen LogP contribution in [0.15, 0.2) is 24.3 Å². The first-order valence-corrected chi connectivity index (χ1v) is 14.0. The summed E-state index contributed by atoms with van der Waals surface area (Å²) in [6.45, 7) is 2.29. The van der Waals surface area contributed by atoms with E-state index in [0.29, 0.717) is 23.0 Å². The summed E-state index contributed by atoms with van der Waals surface area (Å²) >= 11 is 7.09. The molecule has 4 nitrogen and oxygen atoms in total. The predicted octanol–water partition coefficient (Wildman–Crippen LogP) is 3.75. The number of ether oxygens (including phenoxy) is 2. The molecule has 2 atom stereocenters. The molecule has 0 radical (unpaired) electrons. The number of benzene rings is 1. The van der Waals surface area contributed by atoms with Gasteiger partial charge in [0.05, 0.1) is 6.10 Å². The van der Waals surface area contributed by atoms with Crippen LogP contribution in [0.4, 0.5) is 0 Å². The van der Waals surface area contributed by atoms with Crippen molar-refractivity contribution >= 4 is 47.0 Å². The molecule has 2 unspecified atom stereocenters. The lowest BCUT2D eigenvalue weighted by atomic mass is 10.1. The Kier molecular flexibility index (Phi) is 14.0. The Morgan fingerprint density at radius 3 is 2.30 bits per heavy atom. The molecule has 1 rings (SSSR count). The van der Waals surface area contributed by atoms with E-state index in [4.69, 9.17) is 9.47 Å². The fraction of sp³-hybridized carbons (Fsp3) is 0.684. The highest BCUT2D eigenvalue weighted by Gasteiger charge is 2.21. The molecule has 0 aliphatic heterocycles. The Morgan fingerprint density at radius 2 is 1.63 bits per heavy atom. The third-order valence-electron chi connectivity index (χ3n) is 3.38. The second-order valence-corrected chi connectivity index (χ2v) is 10.6. The molecule has 27 heavy (non-hydrogen) atoms. The van der Waals surface area contributed by atoms with Gasteiger partial charge in [0.2, 0.25) is 0 Å². The molecule has 0 fully saturated rings. The van der Waals surface area contributed by atoms with Crippen LogP contribution in [-0.2, 0) is 0 Å². The molecule has 2 N–H and O–H groups in total. The Labute approximate surface area is 180 Å². The molecular formula is C19H32O4S4. The lowest BCUT2D eigenvalue weighted by Crippen LogP contribution is -2.35. The molecule has 0 spiro atoms. The molecule has 8 heteroatoms. The van der Waals surface area contributed by atoms with Gasteiger partial charge in [-0.05, 0) is 31.6 Å². The van der Waals surface area contributed by atoms with Crippen LogP contribution in [0.5, 0.6) is 11.5 Å². The Hall–Kier alpha value is 0.140. The van der Waals surface area contributed by atoms with Crippen LogP contribution in [-0.4, -0.2) is 82.2 Å². The quantitative estimate of drug-likeness (QED) is 0.368. The van der Waals surface area contributed by atoms with Crippen molar-refractivity contribution in [2.75, 3.05) is 60.2 Å². The molecule has 1 aromatic carbocycles. The van der Waals surface area contributed by atoms with E-state index < -0.39 is 11.7 Å². The van der Waals surface area contributed by atoms with Crippen molar-refractivity contribution in [3.8, 4) is 11.5 Å². The van der Waals surface area contributed by atoms with Gasteiger partial charge in [0.25, 0.3) is 0 Å². The average Bonchev–Trinajstić information content (AvgIpc) is 2.66.